The van der Waals surface area contributed by atoms with Gasteiger partial charge in [-0.3, -0.25) is 0 Å². The first-order chi connectivity index (χ1) is 15.1. The van der Waals surface area contributed by atoms with Crippen molar-refractivity contribution in [3.63, 3.8) is 0 Å². The highest BCUT2D eigenvalue weighted by molar-refractivity contribution is 6.20. The molecule has 0 aromatic heterocycles. The molecule has 7 rings (SSSR count). The van der Waals surface area contributed by atoms with Crippen LogP contribution in [0.1, 0.15) is 25.0 Å². The summed E-state index contributed by atoms with van der Waals surface area (Å²) in [6.45, 7) is 4.74. The molecule has 0 unspecified atom stereocenters. The van der Waals surface area contributed by atoms with Crippen molar-refractivity contribution in [1.29, 1.82) is 0 Å². The van der Waals surface area contributed by atoms with Gasteiger partial charge in [-0.1, -0.05) is 111 Å². The van der Waals surface area contributed by atoms with Gasteiger partial charge in [0.2, 0.25) is 0 Å². The Morgan fingerprint density at radius 3 is 1.29 bits per heavy atom. The van der Waals surface area contributed by atoms with Gasteiger partial charge in [0.1, 0.15) is 0 Å². The minimum absolute atomic E-state index is 0.00959. The Morgan fingerprint density at radius 1 is 0.387 bits per heavy atom. The van der Waals surface area contributed by atoms with Crippen LogP contribution in [0.25, 0.3) is 54.2 Å². The van der Waals surface area contributed by atoms with Gasteiger partial charge in [-0.2, -0.15) is 0 Å². The fourth-order valence-electron chi connectivity index (χ4n) is 5.90. The van der Waals surface area contributed by atoms with Gasteiger partial charge in [0, 0.05) is 5.41 Å². The zero-order valence-electron chi connectivity index (χ0n) is 17.7. The van der Waals surface area contributed by atoms with Crippen molar-refractivity contribution >= 4 is 43.1 Å². The van der Waals surface area contributed by atoms with Crippen molar-refractivity contribution in [3.8, 4) is 11.1 Å². The van der Waals surface area contributed by atoms with Crippen LogP contribution in [-0.2, 0) is 5.41 Å². The summed E-state index contributed by atoms with van der Waals surface area (Å²) in [5, 5.41) is 10.7. The Labute approximate surface area is 181 Å². The fourth-order valence-corrected chi connectivity index (χ4v) is 5.90. The molecule has 1 aliphatic carbocycles. The topological polar surface area (TPSA) is 0 Å². The van der Waals surface area contributed by atoms with Gasteiger partial charge in [0.25, 0.3) is 0 Å². The van der Waals surface area contributed by atoms with Gasteiger partial charge in [0.05, 0.1) is 0 Å². The first-order valence-corrected chi connectivity index (χ1v) is 11.0. The molecular formula is C31H22. The zero-order chi connectivity index (χ0) is 20.7. The van der Waals surface area contributed by atoms with E-state index in [1.807, 2.05) is 0 Å². The second-order valence-electron chi connectivity index (χ2n) is 9.36. The van der Waals surface area contributed by atoms with Gasteiger partial charge in [-0.05, 0) is 65.3 Å². The standard InChI is InChI=1S/C31H22/c1-31(2)27-17-15-23-21-9-5-3-7-19(21)11-13-25(23)29(27)30-26-14-12-20-8-4-6-10-22(20)24(26)16-18-28(30)31/h3-18H,1-2H3. The molecule has 0 amide bonds. The smallest absolute Gasteiger partial charge is 0.0159 e. The van der Waals surface area contributed by atoms with E-state index >= 15 is 0 Å². The summed E-state index contributed by atoms with van der Waals surface area (Å²) in [4.78, 5) is 0. The lowest BCUT2D eigenvalue weighted by Gasteiger charge is -2.22. The monoisotopic (exact) mass is 394 g/mol. The minimum atomic E-state index is -0.00959. The molecule has 0 fully saturated rings. The van der Waals surface area contributed by atoms with Crippen LogP contribution in [0.5, 0.6) is 0 Å². The van der Waals surface area contributed by atoms with Crippen molar-refractivity contribution < 1.29 is 0 Å². The van der Waals surface area contributed by atoms with E-state index in [1.165, 1.54) is 65.3 Å². The number of hydrogen-bond acceptors (Lipinski definition) is 0. The molecule has 0 atom stereocenters. The van der Waals surface area contributed by atoms with Crippen LogP contribution in [0.3, 0.4) is 0 Å². The van der Waals surface area contributed by atoms with Crippen LogP contribution in [0, 0.1) is 0 Å². The molecule has 1 aliphatic rings. The third-order valence-corrected chi connectivity index (χ3v) is 7.45. The highest BCUT2D eigenvalue weighted by atomic mass is 14.4. The third kappa shape index (κ3) is 2.10. The van der Waals surface area contributed by atoms with Crippen LogP contribution in [0.2, 0.25) is 0 Å². The van der Waals surface area contributed by atoms with Crippen LogP contribution in [-0.4, -0.2) is 0 Å². The predicted molar refractivity (Wildman–Crippen MR) is 134 cm³/mol. The maximum Gasteiger partial charge on any atom is 0.0159 e. The molecule has 0 aliphatic heterocycles. The molecule has 0 bridgehead atoms. The van der Waals surface area contributed by atoms with Crippen molar-refractivity contribution in [3.05, 3.63) is 108 Å². The second kappa shape index (κ2) is 5.74. The molecule has 0 heterocycles. The summed E-state index contributed by atoms with van der Waals surface area (Å²) >= 11 is 0. The largest absolute Gasteiger partial charge is 0.0616 e. The maximum atomic E-state index is 2.37. The van der Waals surface area contributed by atoms with Crippen molar-refractivity contribution in [2.45, 2.75) is 19.3 Å². The Bertz CT molecular complexity index is 1570. The SMILES string of the molecule is CC1(C)c2ccc3c(ccc4ccccc43)c2-c2c1ccc1c2ccc2ccccc21. The first kappa shape index (κ1) is 17.1. The Morgan fingerprint density at radius 2 is 0.806 bits per heavy atom. The Hall–Kier alpha value is -3.64. The van der Waals surface area contributed by atoms with Gasteiger partial charge < -0.3 is 0 Å². The molecule has 0 spiro atoms. The van der Waals surface area contributed by atoms with Gasteiger partial charge >= 0.3 is 0 Å². The van der Waals surface area contributed by atoms with E-state index in [4.69, 9.17) is 0 Å². The lowest BCUT2D eigenvalue weighted by atomic mass is 9.81. The van der Waals surface area contributed by atoms with Gasteiger partial charge in [0.15, 0.2) is 0 Å². The molecule has 146 valence electrons. The normalized spacial score (nSPS) is 14.4. The first-order valence-electron chi connectivity index (χ1n) is 11.0. The van der Waals surface area contributed by atoms with Crippen LogP contribution in [0.15, 0.2) is 97.1 Å². The average molecular weight is 395 g/mol. The number of hydrogen-bond donors (Lipinski definition) is 0. The summed E-state index contributed by atoms with van der Waals surface area (Å²) < 4.78 is 0. The molecule has 31 heavy (non-hydrogen) atoms. The van der Waals surface area contributed by atoms with Crippen molar-refractivity contribution in [2.24, 2.45) is 0 Å². The second-order valence-corrected chi connectivity index (χ2v) is 9.36. The van der Waals surface area contributed by atoms with E-state index < -0.39 is 0 Å². The highest BCUT2D eigenvalue weighted by Gasteiger charge is 2.37. The molecule has 0 nitrogen and oxygen atoms in total. The van der Waals surface area contributed by atoms with E-state index in [-0.39, 0.29) is 5.41 Å². The summed E-state index contributed by atoms with van der Waals surface area (Å²) in [7, 11) is 0. The van der Waals surface area contributed by atoms with Crippen LogP contribution in [0.4, 0.5) is 0 Å². The van der Waals surface area contributed by atoms with Crippen molar-refractivity contribution in [2.75, 3.05) is 0 Å². The summed E-state index contributed by atoms with van der Waals surface area (Å²) in [5.74, 6) is 0. The molecule has 6 aromatic carbocycles. The number of fused-ring (bicyclic) bond motifs is 11. The van der Waals surface area contributed by atoms with Gasteiger partial charge in [-0.25, -0.2) is 0 Å². The molecule has 6 aromatic rings. The molecule has 0 N–H and O–H groups in total. The number of benzene rings is 6. The number of rotatable bonds is 0. The van der Waals surface area contributed by atoms with E-state index in [0.717, 1.165) is 0 Å². The van der Waals surface area contributed by atoms with Gasteiger partial charge in [-0.15, -0.1) is 0 Å². The molecule has 0 saturated heterocycles. The lowest BCUT2D eigenvalue weighted by Crippen LogP contribution is -2.14. The molecular weight excluding hydrogens is 372 g/mol. The lowest BCUT2D eigenvalue weighted by molar-refractivity contribution is 0.661. The summed E-state index contributed by atoms with van der Waals surface area (Å²) in [5.41, 5.74) is 5.70. The van der Waals surface area contributed by atoms with E-state index in [1.54, 1.807) is 0 Å². The minimum Gasteiger partial charge on any atom is -0.0616 e. The maximum absolute atomic E-state index is 2.37. The molecule has 0 heteroatoms. The third-order valence-electron chi connectivity index (χ3n) is 7.45. The Balaban J connectivity index is 1.70. The quantitative estimate of drug-likeness (QED) is 0.226. The highest BCUT2D eigenvalue weighted by Crippen LogP contribution is 2.54. The predicted octanol–water partition coefficient (Wildman–Crippen LogP) is 8.61. The van der Waals surface area contributed by atoms with E-state index in [9.17, 15) is 0 Å². The summed E-state index contributed by atoms with van der Waals surface area (Å²) in [6, 6.07) is 36.1. The fraction of sp³-hybridized carbons (Fsp3) is 0.0968. The van der Waals surface area contributed by atoms with Crippen LogP contribution >= 0.6 is 0 Å². The summed E-state index contributed by atoms with van der Waals surface area (Å²) in [6.07, 6.45) is 0. The average Bonchev–Trinajstić information content (AvgIpc) is 3.06. The van der Waals surface area contributed by atoms with Crippen molar-refractivity contribution in [1.82, 2.24) is 0 Å². The zero-order valence-corrected chi connectivity index (χ0v) is 17.7. The molecule has 0 radical (unpaired) electrons. The van der Waals surface area contributed by atoms with Crippen LogP contribution < -0.4 is 0 Å². The Kier molecular flexibility index (Phi) is 3.16. The van der Waals surface area contributed by atoms with E-state index in [0.29, 0.717) is 0 Å². The van der Waals surface area contributed by atoms with E-state index in [2.05, 4.69) is 111 Å². The molecule has 0 saturated carbocycles.